The van der Waals surface area contributed by atoms with Gasteiger partial charge in [0.25, 0.3) is 5.91 Å². The molecule has 1 aromatic heterocycles. The van der Waals surface area contributed by atoms with Gasteiger partial charge in [-0.1, -0.05) is 13.0 Å². The zero-order valence-corrected chi connectivity index (χ0v) is 15.1. The molecule has 0 N–H and O–H groups in total. The number of nitrogens with zero attached hydrogens (tertiary/aromatic N) is 1. The van der Waals surface area contributed by atoms with E-state index >= 15 is 0 Å². The highest BCUT2D eigenvalue weighted by atomic mass is 32.1. The van der Waals surface area contributed by atoms with Crippen LogP contribution in [-0.2, 0) is 12.8 Å². The molecule has 4 heteroatoms. The van der Waals surface area contributed by atoms with Crippen molar-refractivity contribution in [1.29, 1.82) is 0 Å². The molecular weight excluding hydrogens is 318 g/mol. The van der Waals surface area contributed by atoms with E-state index in [1.807, 2.05) is 11.0 Å². The quantitative estimate of drug-likeness (QED) is 0.810. The summed E-state index contributed by atoms with van der Waals surface area (Å²) in [6, 6.07) is 8.42. The van der Waals surface area contributed by atoms with E-state index in [9.17, 15) is 4.79 Å². The van der Waals surface area contributed by atoms with Crippen molar-refractivity contribution in [3.63, 3.8) is 0 Å². The number of carbonyl (C=O) groups excluding carboxylic acids is 1. The molecule has 0 unspecified atom stereocenters. The number of amides is 1. The molecule has 2 heterocycles. The molecule has 1 fully saturated rings. The van der Waals surface area contributed by atoms with E-state index < -0.39 is 0 Å². The second-order valence-electron chi connectivity index (χ2n) is 6.96. The van der Waals surface area contributed by atoms with E-state index in [0.29, 0.717) is 0 Å². The maximum Gasteiger partial charge on any atom is 0.263 e. The zero-order valence-electron chi connectivity index (χ0n) is 14.3. The molecular formula is C20H23NO2S. The number of thiophene rings is 1. The predicted octanol–water partition coefficient (Wildman–Crippen LogP) is 4.39. The first-order chi connectivity index (χ1) is 11.7. The number of carbonyl (C=O) groups is 1. The average Bonchev–Trinajstić information content (AvgIpc) is 3.06. The smallest absolute Gasteiger partial charge is 0.263 e. The van der Waals surface area contributed by atoms with Crippen molar-refractivity contribution < 1.29 is 9.53 Å². The third-order valence-electron chi connectivity index (χ3n) is 5.32. The largest absolute Gasteiger partial charge is 0.497 e. The van der Waals surface area contributed by atoms with Crippen molar-refractivity contribution in [2.24, 2.45) is 5.92 Å². The van der Waals surface area contributed by atoms with Gasteiger partial charge < -0.3 is 9.64 Å². The Kier molecular flexibility index (Phi) is 4.09. The minimum Gasteiger partial charge on any atom is -0.497 e. The van der Waals surface area contributed by atoms with Crippen LogP contribution in [0.3, 0.4) is 0 Å². The third-order valence-corrected chi connectivity index (χ3v) is 6.51. The van der Waals surface area contributed by atoms with Crippen LogP contribution in [0.5, 0.6) is 5.75 Å². The Morgan fingerprint density at radius 3 is 2.67 bits per heavy atom. The Morgan fingerprint density at radius 1 is 1.17 bits per heavy atom. The summed E-state index contributed by atoms with van der Waals surface area (Å²) in [5.41, 5.74) is 3.91. The summed E-state index contributed by atoms with van der Waals surface area (Å²) in [5.74, 6) is 1.84. The minimum absolute atomic E-state index is 0.214. The number of ether oxygens (including phenoxy) is 1. The second kappa shape index (κ2) is 6.25. The molecule has 2 aliphatic rings. The highest BCUT2D eigenvalue weighted by Crippen LogP contribution is 2.41. The molecule has 24 heavy (non-hydrogen) atoms. The lowest BCUT2D eigenvalue weighted by atomic mass is 9.91. The van der Waals surface area contributed by atoms with Gasteiger partial charge in [0.2, 0.25) is 0 Å². The van der Waals surface area contributed by atoms with Gasteiger partial charge >= 0.3 is 0 Å². The van der Waals surface area contributed by atoms with Gasteiger partial charge in [0.1, 0.15) is 5.75 Å². The first kappa shape index (κ1) is 15.7. The molecule has 0 radical (unpaired) electrons. The Balaban J connectivity index is 1.65. The van der Waals surface area contributed by atoms with E-state index in [1.165, 1.54) is 21.6 Å². The summed E-state index contributed by atoms with van der Waals surface area (Å²) < 4.78 is 5.38. The van der Waals surface area contributed by atoms with Gasteiger partial charge in [-0.2, -0.15) is 0 Å². The Bertz CT molecular complexity index is 772. The molecule has 1 aliphatic heterocycles. The molecule has 0 spiro atoms. The van der Waals surface area contributed by atoms with Crippen LogP contribution in [0.2, 0.25) is 0 Å². The van der Waals surface area contributed by atoms with Gasteiger partial charge in [-0.3, -0.25) is 4.79 Å². The fraction of sp³-hybridized carbons (Fsp3) is 0.450. The number of benzene rings is 1. The molecule has 0 bridgehead atoms. The van der Waals surface area contributed by atoms with Gasteiger partial charge in [-0.05, 0) is 66.5 Å². The van der Waals surface area contributed by atoms with Gasteiger partial charge in [-0.25, -0.2) is 0 Å². The summed E-state index contributed by atoms with van der Waals surface area (Å²) in [5, 5.41) is 0. The highest BCUT2D eigenvalue weighted by molar-refractivity contribution is 7.17. The number of hydrogen-bond donors (Lipinski definition) is 0. The molecule has 126 valence electrons. The summed E-state index contributed by atoms with van der Waals surface area (Å²) in [4.78, 5) is 17.0. The number of rotatable bonds is 2. The average molecular weight is 341 g/mol. The monoisotopic (exact) mass is 341 g/mol. The van der Waals surface area contributed by atoms with Crippen LogP contribution < -0.4 is 4.74 Å². The van der Waals surface area contributed by atoms with Crippen molar-refractivity contribution in [2.45, 2.75) is 32.6 Å². The molecule has 0 saturated carbocycles. The number of likely N-dealkylation sites (tertiary alicyclic amines) is 1. The molecule has 4 rings (SSSR count). The molecule has 2 aromatic rings. The normalized spacial score (nSPS) is 17.3. The SMILES string of the molecule is COc1ccc2c(c1)-c1sc(C(=O)N3CCC(C)CC3)cc1CC2. The fourth-order valence-electron chi connectivity index (χ4n) is 3.70. The van der Waals surface area contributed by atoms with Gasteiger partial charge in [0.15, 0.2) is 0 Å². The number of fused-ring (bicyclic) bond motifs is 3. The van der Waals surface area contributed by atoms with Crippen LogP contribution in [0.15, 0.2) is 24.3 Å². The first-order valence-electron chi connectivity index (χ1n) is 8.75. The van der Waals surface area contributed by atoms with Crippen LogP contribution in [0.25, 0.3) is 10.4 Å². The van der Waals surface area contributed by atoms with Gasteiger partial charge in [0, 0.05) is 18.0 Å². The van der Waals surface area contributed by atoms with E-state index in [-0.39, 0.29) is 5.91 Å². The molecule has 0 atom stereocenters. The van der Waals surface area contributed by atoms with E-state index in [2.05, 4.69) is 25.1 Å². The van der Waals surface area contributed by atoms with E-state index in [4.69, 9.17) is 4.74 Å². The summed E-state index contributed by atoms with van der Waals surface area (Å²) in [6.45, 7) is 4.07. The highest BCUT2D eigenvalue weighted by Gasteiger charge is 2.26. The summed E-state index contributed by atoms with van der Waals surface area (Å²) in [7, 11) is 1.70. The lowest BCUT2D eigenvalue weighted by Crippen LogP contribution is -2.37. The number of hydrogen-bond acceptors (Lipinski definition) is 3. The maximum absolute atomic E-state index is 12.9. The zero-order chi connectivity index (χ0) is 16.7. The topological polar surface area (TPSA) is 29.5 Å². The van der Waals surface area contributed by atoms with Crippen molar-refractivity contribution in [3.05, 3.63) is 40.3 Å². The van der Waals surface area contributed by atoms with Gasteiger partial charge in [0.05, 0.1) is 12.0 Å². The fourth-order valence-corrected chi connectivity index (χ4v) is 4.93. The maximum atomic E-state index is 12.9. The lowest BCUT2D eigenvalue weighted by Gasteiger charge is -2.29. The first-order valence-corrected chi connectivity index (χ1v) is 9.56. The van der Waals surface area contributed by atoms with Crippen LogP contribution in [0.4, 0.5) is 0 Å². The second-order valence-corrected chi connectivity index (χ2v) is 8.02. The summed E-state index contributed by atoms with van der Waals surface area (Å²) in [6.07, 6.45) is 4.31. The Morgan fingerprint density at radius 2 is 1.92 bits per heavy atom. The van der Waals surface area contributed by atoms with Crippen molar-refractivity contribution in [3.8, 4) is 16.2 Å². The van der Waals surface area contributed by atoms with Crippen LogP contribution in [0.1, 0.15) is 40.6 Å². The van der Waals surface area contributed by atoms with Crippen LogP contribution in [0, 0.1) is 5.92 Å². The van der Waals surface area contributed by atoms with E-state index in [1.54, 1.807) is 18.4 Å². The Hall–Kier alpha value is -1.81. The number of methoxy groups -OCH3 is 1. The third kappa shape index (κ3) is 2.73. The standard InChI is InChI=1S/C20H23NO2S/c1-13-7-9-21(10-8-13)20(22)18-11-15-4-3-14-5-6-16(23-2)12-17(14)19(15)24-18/h5-6,11-13H,3-4,7-10H2,1-2H3. The molecule has 1 aromatic carbocycles. The predicted molar refractivity (Wildman–Crippen MR) is 98.0 cm³/mol. The molecule has 1 aliphatic carbocycles. The number of aryl methyl sites for hydroxylation is 2. The van der Waals surface area contributed by atoms with Gasteiger partial charge in [-0.15, -0.1) is 11.3 Å². The molecule has 1 amide bonds. The molecule has 3 nitrogen and oxygen atoms in total. The van der Waals surface area contributed by atoms with Crippen molar-refractivity contribution in [2.75, 3.05) is 20.2 Å². The Labute approximate surface area is 147 Å². The van der Waals surface area contributed by atoms with Crippen molar-refractivity contribution >= 4 is 17.2 Å². The van der Waals surface area contributed by atoms with Crippen LogP contribution in [-0.4, -0.2) is 31.0 Å². The van der Waals surface area contributed by atoms with Crippen LogP contribution >= 0.6 is 11.3 Å². The van der Waals surface area contributed by atoms with Crippen molar-refractivity contribution in [1.82, 2.24) is 4.90 Å². The lowest BCUT2D eigenvalue weighted by molar-refractivity contribution is 0.0702. The minimum atomic E-state index is 0.214. The van der Waals surface area contributed by atoms with E-state index in [0.717, 1.165) is 55.3 Å². The number of piperidine rings is 1. The summed E-state index contributed by atoms with van der Waals surface area (Å²) >= 11 is 1.65. The molecule has 1 saturated heterocycles.